The van der Waals surface area contributed by atoms with Crippen LogP contribution in [-0.4, -0.2) is 25.5 Å². The van der Waals surface area contributed by atoms with E-state index in [2.05, 4.69) is 0 Å². The van der Waals surface area contributed by atoms with Crippen LogP contribution in [0.4, 0.5) is 0 Å². The van der Waals surface area contributed by atoms with Crippen molar-refractivity contribution in [1.29, 1.82) is 0 Å². The molecule has 1 fully saturated rings. The van der Waals surface area contributed by atoms with Crippen molar-refractivity contribution in [3.8, 4) is 0 Å². The zero-order valence-electron chi connectivity index (χ0n) is 9.42. The first-order valence-corrected chi connectivity index (χ1v) is 5.62. The zero-order valence-corrected chi connectivity index (χ0v) is 9.42. The fourth-order valence-electron chi connectivity index (χ4n) is 1.65. The van der Waals surface area contributed by atoms with Gasteiger partial charge in [0.2, 0.25) is 0 Å². The number of unbranched alkanes of at least 4 members (excludes halogenated alkanes) is 2. The topological polar surface area (TPSA) is 44.5 Å². The van der Waals surface area contributed by atoms with Gasteiger partial charge < -0.3 is 15.2 Å². The molecular weight excluding hydrogens is 178 g/mol. The van der Waals surface area contributed by atoms with Gasteiger partial charge in [0, 0.05) is 5.92 Å². The highest BCUT2D eigenvalue weighted by Crippen LogP contribution is 2.23. The van der Waals surface area contributed by atoms with Crippen LogP contribution in [0, 0.1) is 5.92 Å². The van der Waals surface area contributed by atoms with Crippen LogP contribution in [0.15, 0.2) is 0 Å². The summed E-state index contributed by atoms with van der Waals surface area (Å²) in [6, 6.07) is 0. The molecule has 0 saturated carbocycles. The van der Waals surface area contributed by atoms with E-state index < -0.39 is 0 Å². The summed E-state index contributed by atoms with van der Waals surface area (Å²) < 4.78 is 11.2. The lowest BCUT2D eigenvalue weighted by molar-refractivity contribution is -0.262. The number of rotatable bonds is 5. The SMILES string of the molecule is CC1(C)OCC(CCCCCN)CO1. The van der Waals surface area contributed by atoms with Gasteiger partial charge in [-0.2, -0.15) is 0 Å². The summed E-state index contributed by atoms with van der Waals surface area (Å²) in [6.45, 7) is 6.44. The highest BCUT2D eigenvalue weighted by atomic mass is 16.7. The molecule has 0 bridgehead atoms. The van der Waals surface area contributed by atoms with Crippen molar-refractivity contribution in [2.45, 2.75) is 45.3 Å². The molecule has 3 heteroatoms. The van der Waals surface area contributed by atoms with Crippen molar-refractivity contribution in [3.05, 3.63) is 0 Å². The van der Waals surface area contributed by atoms with Crippen LogP contribution in [-0.2, 0) is 9.47 Å². The Balaban J connectivity index is 2.04. The first kappa shape index (κ1) is 12.0. The third-order valence-corrected chi connectivity index (χ3v) is 2.65. The average Bonchev–Trinajstić information content (AvgIpc) is 2.15. The van der Waals surface area contributed by atoms with Crippen molar-refractivity contribution >= 4 is 0 Å². The van der Waals surface area contributed by atoms with E-state index in [0.29, 0.717) is 5.92 Å². The van der Waals surface area contributed by atoms with Gasteiger partial charge in [0.15, 0.2) is 5.79 Å². The van der Waals surface area contributed by atoms with E-state index in [4.69, 9.17) is 15.2 Å². The van der Waals surface area contributed by atoms with Gasteiger partial charge in [-0.25, -0.2) is 0 Å². The Morgan fingerprint density at radius 1 is 1.14 bits per heavy atom. The van der Waals surface area contributed by atoms with E-state index in [9.17, 15) is 0 Å². The lowest BCUT2D eigenvalue weighted by Gasteiger charge is -2.35. The van der Waals surface area contributed by atoms with Crippen LogP contribution < -0.4 is 5.73 Å². The van der Waals surface area contributed by atoms with Gasteiger partial charge in [-0.3, -0.25) is 0 Å². The van der Waals surface area contributed by atoms with Crippen LogP contribution in [0.2, 0.25) is 0 Å². The molecule has 0 spiro atoms. The van der Waals surface area contributed by atoms with Gasteiger partial charge in [0.1, 0.15) is 0 Å². The summed E-state index contributed by atoms with van der Waals surface area (Å²) in [5, 5.41) is 0. The molecule has 1 heterocycles. The van der Waals surface area contributed by atoms with Crippen LogP contribution in [0.3, 0.4) is 0 Å². The smallest absolute Gasteiger partial charge is 0.162 e. The third-order valence-electron chi connectivity index (χ3n) is 2.65. The van der Waals surface area contributed by atoms with Gasteiger partial charge in [-0.1, -0.05) is 12.8 Å². The van der Waals surface area contributed by atoms with Crippen LogP contribution >= 0.6 is 0 Å². The fourth-order valence-corrected chi connectivity index (χ4v) is 1.65. The first-order chi connectivity index (χ1) is 6.64. The summed E-state index contributed by atoms with van der Waals surface area (Å²) in [6.07, 6.45) is 4.82. The van der Waals surface area contributed by atoms with Crippen molar-refractivity contribution < 1.29 is 9.47 Å². The Labute approximate surface area is 86.9 Å². The van der Waals surface area contributed by atoms with Gasteiger partial charge in [0.25, 0.3) is 0 Å². The third kappa shape index (κ3) is 4.40. The maximum absolute atomic E-state index is 5.59. The lowest BCUT2D eigenvalue weighted by Crippen LogP contribution is -2.39. The Kier molecular flexibility index (Phi) is 4.85. The molecular formula is C11H23NO2. The summed E-state index contributed by atoms with van der Waals surface area (Å²) >= 11 is 0. The second-order valence-electron chi connectivity index (χ2n) is 4.53. The fraction of sp³-hybridized carbons (Fsp3) is 1.00. The van der Waals surface area contributed by atoms with E-state index in [1.165, 1.54) is 19.3 Å². The van der Waals surface area contributed by atoms with Gasteiger partial charge in [-0.05, 0) is 33.2 Å². The van der Waals surface area contributed by atoms with Crippen LogP contribution in [0.5, 0.6) is 0 Å². The molecule has 0 aromatic carbocycles. The normalized spacial score (nSPS) is 22.5. The first-order valence-electron chi connectivity index (χ1n) is 5.62. The largest absolute Gasteiger partial charge is 0.350 e. The summed E-state index contributed by atoms with van der Waals surface area (Å²) in [5.41, 5.74) is 5.43. The van der Waals surface area contributed by atoms with Gasteiger partial charge in [-0.15, -0.1) is 0 Å². The molecule has 84 valence electrons. The standard InChI is InChI=1S/C11H23NO2/c1-11(2)13-8-10(9-14-11)6-4-3-5-7-12/h10H,3-9,12H2,1-2H3. The molecule has 0 atom stereocenters. The quantitative estimate of drug-likeness (QED) is 0.691. The van der Waals surface area contributed by atoms with Crippen molar-refractivity contribution in [3.63, 3.8) is 0 Å². The molecule has 0 amide bonds. The summed E-state index contributed by atoms with van der Waals surface area (Å²) in [7, 11) is 0. The molecule has 1 aliphatic rings. The van der Waals surface area contributed by atoms with Crippen LogP contribution in [0.1, 0.15) is 39.5 Å². The Morgan fingerprint density at radius 3 is 2.36 bits per heavy atom. The van der Waals surface area contributed by atoms with E-state index in [-0.39, 0.29) is 5.79 Å². The molecule has 3 nitrogen and oxygen atoms in total. The van der Waals surface area contributed by atoms with Gasteiger partial charge >= 0.3 is 0 Å². The molecule has 1 saturated heterocycles. The molecule has 0 aromatic rings. The summed E-state index contributed by atoms with van der Waals surface area (Å²) in [4.78, 5) is 0. The van der Waals surface area contributed by atoms with Crippen molar-refractivity contribution in [1.82, 2.24) is 0 Å². The predicted octanol–water partition coefficient (Wildman–Crippen LogP) is 1.90. The molecule has 0 aliphatic carbocycles. The molecule has 2 N–H and O–H groups in total. The summed E-state index contributed by atoms with van der Waals surface area (Å²) in [5.74, 6) is 0.217. The Hall–Kier alpha value is -0.120. The molecule has 14 heavy (non-hydrogen) atoms. The maximum Gasteiger partial charge on any atom is 0.162 e. The average molecular weight is 201 g/mol. The minimum absolute atomic E-state index is 0.367. The highest BCUT2D eigenvalue weighted by molar-refractivity contribution is 4.67. The molecule has 1 rings (SSSR count). The van der Waals surface area contributed by atoms with Crippen LogP contribution in [0.25, 0.3) is 0 Å². The minimum Gasteiger partial charge on any atom is -0.350 e. The number of hydrogen-bond donors (Lipinski definition) is 1. The maximum atomic E-state index is 5.59. The van der Waals surface area contributed by atoms with Gasteiger partial charge in [0.05, 0.1) is 13.2 Å². The second-order valence-corrected chi connectivity index (χ2v) is 4.53. The predicted molar refractivity (Wildman–Crippen MR) is 57.0 cm³/mol. The number of nitrogens with two attached hydrogens (primary N) is 1. The molecule has 1 aliphatic heterocycles. The minimum atomic E-state index is -0.367. The Morgan fingerprint density at radius 2 is 1.79 bits per heavy atom. The Bertz CT molecular complexity index is 149. The van der Waals surface area contributed by atoms with Crippen molar-refractivity contribution in [2.75, 3.05) is 19.8 Å². The number of ether oxygens (including phenoxy) is 2. The van der Waals surface area contributed by atoms with E-state index in [1.807, 2.05) is 13.8 Å². The van der Waals surface area contributed by atoms with E-state index >= 15 is 0 Å². The van der Waals surface area contributed by atoms with E-state index in [0.717, 1.165) is 26.2 Å². The second kappa shape index (κ2) is 5.69. The highest BCUT2D eigenvalue weighted by Gasteiger charge is 2.27. The van der Waals surface area contributed by atoms with E-state index in [1.54, 1.807) is 0 Å². The lowest BCUT2D eigenvalue weighted by atomic mass is 10.0. The van der Waals surface area contributed by atoms with Crippen molar-refractivity contribution in [2.24, 2.45) is 11.7 Å². The zero-order chi connectivity index (χ0) is 10.4. The molecule has 0 radical (unpaired) electrons. The number of hydrogen-bond acceptors (Lipinski definition) is 3. The molecule has 0 aromatic heterocycles. The molecule has 0 unspecified atom stereocenters. The monoisotopic (exact) mass is 201 g/mol.